The van der Waals surface area contributed by atoms with Gasteiger partial charge in [-0.05, 0) is 38.1 Å². The molecule has 21 heavy (non-hydrogen) atoms. The number of halogens is 1. The molecule has 0 aliphatic carbocycles. The van der Waals surface area contributed by atoms with Crippen LogP contribution in [-0.2, 0) is 13.2 Å². The monoisotopic (exact) mass is 291 g/mol. The number of benzene rings is 1. The molecule has 4 nitrogen and oxygen atoms in total. The van der Waals surface area contributed by atoms with E-state index >= 15 is 0 Å². The lowest BCUT2D eigenvalue weighted by molar-refractivity contribution is 0.290. The molecule has 0 amide bonds. The Labute approximate surface area is 125 Å². The summed E-state index contributed by atoms with van der Waals surface area (Å²) in [7, 11) is 0. The Balaban J connectivity index is 2.05. The highest BCUT2D eigenvalue weighted by molar-refractivity contribution is 5.29. The molecule has 2 aromatic rings. The van der Waals surface area contributed by atoms with Gasteiger partial charge in [0.1, 0.15) is 18.2 Å². The van der Waals surface area contributed by atoms with E-state index in [4.69, 9.17) is 4.74 Å². The van der Waals surface area contributed by atoms with Gasteiger partial charge in [0.15, 0.2) is 0 Å². The molecule has 0 spiro atoms. The minimum absolute atomic E-state index is 0.280. The summed E-state index contributed by atoms with van der Waals surface area (Å²) in [5.41, 5.74) is 1.85. The molecule has 0 saturated carbocycles. The molecule has 1 N–H and O–H groups in total. The summed E-state index contributed by atoms with van der Waals surface area (Å²) in [5, 5.41) is 3.18. The predicted molar refractivity (Wildman–Crippen MR) is 80.7 cm³/mol. The standard InChI is InChI=1S/C16H22FN3O/c1-4-18-8-13-5-14(17)7-16(6-13)21-10-15-9-19-11-20(15)12(2)3/h5-7,9,11-12,18H,4,8,10H2,1-3H3. The first-order valence-electron chi connectivity index (χ1n) is 7.23. The summed E-state index contributed by atoms with van der Waals surface area (Å²) >= 11 is 0. The van der Waals surface area contributed by atoms with Crippen LogP contribution in [0.1, 0.15) is 38.1 Å². The first-order chi connectivity index (χ1) is 10.1. The number of imidazole rings is 1. The first-order valence-corrected chi connectivity index (χ1v) is 7.23. The molecule has 0 bridgehead atoms. The third-order valence-corrected chi connectivity index (χ3v) is 3.20. The van der Waals surface area contributed by atoms with Gasteiger partial charge in [-0.25, -0.2) is 9.37 Å². The Morgan fingerprint density at radius 3 is 2.86 bits per heavy atom. The highest BCUT2D eigenvalue weighted by Crippen LogP contribution is 2.18. The van der Waals surface area contributed by atoms with Gasteiger partial charge in [0.05, 0.1) is 18.2 Å². The van der Waals surface area contributed by atoms with Crippen LogP contribution in [0.2, 0.25) is 0 Å². The van der Waals surface area contributed by atoms with Crippen molar-refractivity contribution >= 4 is 0 Å². The van der Waals surface area contributed by atoms with Crippen LogP contribution in [-0.4, -0.2) is 16.1 Å². The van der Waals surface area contributed by atoms with E-state index < -0.39 is 0 Å². The summed E-state index contributed by atoms with van der Waals surface area (Å²) in [6, 6.07) is 5.12. The fourth-order valence-electron chi connectivity index (χ4n) is 2.14. The molecule has 0 atom stereocenters. The highest BCUT2D eigenvalue weighted by Gasteiger charge is 2.07. The molecule has 1 heterocycles. The van der Waals surface area contributed by atoms with E-state index in [9.17, 15) is 4.39 Å². The second-order valence-corrected chi connectivity index (χ2v) is 5.25. The van der Waals surface area contributed by atoms with Gasteiger partial charge in [0, 0.05) is 18.7 Å². The van der Waals surface area contributed by atoms with Crippen LogP contribution in [0.15, 0.2) is 30.7 Å². The Bertz CT molecular complexity index is 581. The second-order valence-electron chi connectivity index (χ2n) is 5.25. The molecular weight excluding hydrogens is 269 g/mol. The van der Waals surface area contributed by atoms with Crippen LogP contribution < -0.4 is 10.1 Å². The fourth-order valence-corrected chi connectivity index (χ4v) is 2.14. The van der Waals surface area contributed by atoms with Crippen molar-refractivity contribution in [2.24, 2.45) is 0 Å². The van der Waals surface area contributed by atoms with Gasteiger partial charge < -0.3 is 14.6 Å². The quantitative estimate of drug-likeness (QED) is 0.851. The average Bonchev–Trinajstić information content (AvgIpc) is 2.91. The van der Waals surface area contributed by atoms with Crippen LogP contribution in [0.4, 0.5) is 4.39 Å². The number of nitrogens with one attached hydrogen (secondary N) is 1. The maximum absolute atomic E-state index is 13.6. The molecule has 0 saturated heterocycles. The molecule has 0 fully saturated rings. The molecule has 0 radical (unpaired) electrons. The zero-order valence-corrected chi connectivity index (χ0v) is 12.8. The maximum atomic E-state index is 13.6. The molecule has 1 aromatic heterocycles. The van der Waals surface area contributed by atoms with E-state index in [1.165, 1.54) is 12.1 Å². The third kappa shape index (κ3) is 4.29. The minimum Gasteiger partial charge on any atom is -0.487 e. The van der Waals surface area contributed by atoms with Crippen molar-refractivity contribution in [2.45, 2.75) is 40.0 Å². The highest BCUT2D eigenvalue weighted by atomic mass is 19.1. The first kappa shape index (κ1) is 15.5. The van der Waals surface area contributed by atoms with E-state index in [2.05, 4.69) is 24.1 Å². The lowest BCUT2D eigenvalue weighted by atomic mass is 10.2. The number of nitrogens with zero attached hydrogens (tertiary/aromatic N) is 2. The Morgan fingerprint density at radius 1 is 1.33 bits per heavy atom. The number of aromatic nitrogens is 2. The summed E-state index contributed by atoms with van der Waals surface area (Å²) in [5.74, 6) is 0.261. The van der Waals surface area contributed by atoms with Crippen LogP contribution in [0.3, 0.4) is 0 Å². The SMILES string of the molecule is CCNCc1cc(F)cc(OCc2cncn2C(C)C)c1. The smallest absolute Gasteiger partial charge is 0.130 e. The van der Waals surface area contributed by atoms with Gasteiger partial charge >= 0.3 is 0 Å². The lowest BCUT2D eigenvalue weighted by Crippen LogP contribution is -2.12. The van der Waals surface area contributed by atoms with Crippen molar-refractivity contribution in [1.82, 2.24) is 14.9 Å². The van der Waals surface area contributed by atoms with Gasteiger partial charge in [-0.15, -0.1) is 0 Å². The van der Waals surface area contributed by atoms with E-state index in [1.807, 2.05) is 17.6 Å². The zero-order chi connectivity index (χ0) is 15.2. The Kier molecular flexibility index (Phi) is 5.33. The Morgan fingerprint density at radius 2 is 2.14 bits per heavy atom. The third-order valence-electron chi connectivity index (χ3n) is 3.20. The van der Waals surface area contributed by atoms with Crippen molar-refractivity contribution in [3.8, 4) is 5.75 Å². The van der Waals surface area contributed by atoms with Gasteiger partial charge in [-0.3, -0.25) is 0 Å². The molecule has 1 aromatic carbocycles. The van der Waals surface area contributed by atoms with Crippen molar-refractivity contribution in [3.05, 3.63) is 47.8 Å². The number of hydrogen-bond acceptors (Lipinski definition) is 3. The molecule has 2 rings (SSSR count). The van der Waals surface area contributed by atoms with Crippen LogP contribution in [0, 0.1) is 5.82 Å². The van der Waals surface area contributed by atoms with E-state index in [0.29, 0.717) is 24.9 Å². The number of rotatable bonds is 7. The van der Waals surface area contributed by atoms with Gasteiger partial charge in [-0.2, -0.15) is 0 Å². The van der Waals surface area contributed by atoms with Crippen molar-refractivity contribution in [2.75, 3.05) is 6.54 Å². The van der Waals surface area contributed by atoms with E-state index in [-0.39, 0.29) is 5.82 Å². The van der Waals surface area contributed by atoms with Crippen molar-refractivity contribution < 1.29 is 9.13 Å². The molecular formula is C16H22FN3O. The Hall–Kier alpha value is -1.88. The summed E-state index contributed by atoms with van der Waals surface area (Å²) < 4.78 is 21.4. The molecule has 0 aliphatic rings. The van der Waals surface area contributed by atoms with Gasteiger partial charge in [-0.1, -0.05) is 6.92 Å². The summed E-state index contributed by atoms with van der Waals surface area (Å²) in [4.78, 5) is 4.13. The molecule has 114 valence electrons. The summed E-state index contributed by atoms with van der Waals surface area (Å²) in [6.07, 6.45) is 3.56. The normalized spacial score (nSPS) is 11.1. The van der Waals surface area contributed by atoms with E-state index in [1.54, 1.807) is 12.5 Å². The van der Waals surface area contributed by atoms with Crippen molar-refractivity contribution in [3.63, 3.8) is 0 Å². The molecule has 5 heteroatoms. The van der Waals surface area contributed by atoms with Crippen LogP contribution in [0.25, 0.3) is 0 Å². The second kappa shape index (κ2) is 7.22. The zero-order valence-electron chi connectivity index (χ0n) is 12.8. The fraction of sp³-hybridized carbons (Fsp3) is 0.438. The predicted octanol–water partition coefficient (Wildman–Crippen LogP) is 3.29. The maximum Gasteiger partial charge on any atom is 0.130 e. The van der Waals surface area contributed by atoms with Crippen LogP contribution >= 0.6 is 0 Å². The lowest BCUT2D eigenvalue weighted by Gasteiger charge is -2.13. The number of hydrogen-bond donors (Lipinski definition) is 1. The van der Waals surface area contributed by atoms with Gasteiger partial charge in [0.25, 0.3) is 0 Å². The van der Waals surface area contributed by atoms with Gasteiger partial charge in [0.2, 0.25) is 0 Å². The molecule has 0 unspecified atom stereocenters. The van der Waals surface area contributed by atoms with E-state index in [0.717, 1.165) is 17.8 Å². The minimum atomic E-state index is -0.280. The van der Waals surface area contributed by atoms with Crippen molar-refractivity contribution in [1.29, 1.82) is 0 Å². The molecule has 0 aliphatic heterocycles. The van der Waals surface area contributed by atoms with Crippen LogP contribution in [0.5, 0.6) is 5.75 Å². The average molecular weight is 291 g/mol. The summed E-state index contributed by atoms with van der Waals surface area (Å²) in [6.45, 7) is 8.05. The largest absolute Gasteiger partial charge is 0.487 e. The number of ether oxygens (including phenoxy) is 1. The topological polar surface area (TPSA) is 39.1 Å².